The third-order valence-electron chi connectivity index (χ3n) is 5.81. The van der Waals surface area contributed by atoms with E-state index in [2.05, 4.69) is 50.5 Å². The summed E-state index contributed by atoms with van der Waals surface area (Å²) in [4.78, 5) is 29.2. The van der Waals surface area contributed by atoms with Crippen LogP contribution in [0.2, 0.25) is 0 Å². The van der Waals surface area contributed by atoms with E-state index in [1.807, 2.05) is 0 Å². The van der Waals surface area contributed by atoms with Crippen molar-refractivity contribution in [3.63, 3.8) is 0 Å². The van der Waals surface area contributed by atoms with Crippen molar-refractivity contribution in [1.82, 2.24) is 14.9 Å². The molecule has 1 N–H and O–H groups in total. The minimum absolute atomic E-state index is 0.124. The molecule has 1 aromatic heterocycles. The molecule has 0 saturated carbocycles. The fourth-order valence-electron chi connectivity index (χ4n) is 4.21. The zero-order chi connectivity index (χ0) is 23.0. The number of fused-ring (bicyclic) bond motifs is 2. The Bertz CT molecular complexity index is 992. The van der Waals surface area contributed by atoms with E-state index in [9.17, 15) is 4.79 Å². The third-order valence-corrected chi connectivity index (χ3v) is 6.88. The number of carbonyl (C=O) groups excluding carboxylic acids is 1. The number of esters is 1. The van der Waals surface area contributed by atoms with Crippen molar-refractivity contribution in [3.8, 4) is 0 Å². The van der Waals surface area contributed by atoms with E-state index in [-0.39, 0.29) is 12.6 Å². The van der Waals surface area contributed by atoms with Gasteiger partial charge in [0.2, 0.25) is 6.61 Å². The smallest absolute Gasteiger partial charge is 0.347 e. The number of piperidine rings is 1. The number of benzene rings is 1. The largest absolute Gasteiger partial charge is 0.463 e. The molecule has 0 amide bonds. The van der Waals surface area contributed by atoms with Gasteiger partial charge in [-0.1, -0.05) is 36.3 Å². The number of hydrogen-bond donors (Lipinski definition) is 1. The lowest BCUT2D eigenvalue weighted by atomic mass is 9.89. The maximum atomic E-state index is 11.5. The van der Waals surface area contributed by atoms with Gasteiger partial charge in [-0.15, -0.1) is 0 Å². The van der Waals surface area contributed by atoms with Crippen LogP contribution in [-0.4, -0.2) is 52.9 Å². The van der Waals surface area contributed by atoms with E-state index in [0.29, 0.717) is 12.5 Å². The van der Waals surface area contributed by atoms with Gasteiger partial charge in [0.05, 0.1) is 18.0 Å². The van der Waals surface area contributed by atoms with Crippen molar-refractivity contribution >= 4 is 34.9 Å². The highest BCUT2D eigenvalue weighted by Crippen LogP contribution is 2.42. The normalized spacial score (nSPS) is 16.5. The molecule has 1 aromatic carbocycles. The molecule has 0 unspecified atom stereocenters. The summed E-state index contributed by atoms with van der Waals surface area (Å²) in [6, 6.07) is 6.59. The summed E-state index contributed by atoms with van der Waals surface area (Å²) in [5.74, 6) is 0.848. The Labute approximate surface area is 199 Å². The monoisotopic (exact) mass is 469 g/mol. The maximum Gasteiger partial charge on any atom is 0.347 e. The van der Waals surface area contributed by atoms with Crippen LogP contribution < -0.4 is 5.32 Å². The standard InChI is InChI=1S/C24H31N5O3S/c1-3-5-19(28-32-16-22(30)31-4-2)18-8-12-29(13-9-18)15-17-6-7-21-20(14-17)27-23-24(33-21)26-11-10-25-23/h6-7,10-11,14,18H,3-5,8-9,12-13,15-16H2,1-2H3,(H,25,27). The number of carbonyl (C=O) groups is 1. The number of ether oxygens (including phenoxy) is 1. The van der Waals surface area contributed by atoms with Crippen LogP contribution in [0.3, 0.4) is 0 Å². The highest BCUT2D eigenvalue weighted by molar-refractivity contribution is 7.99. The van der Waals surface area contributed by atoms with E-state index in [4.69, 9.17) is 9.57 Å². The molecular weight excluding hydrogens is 438 g/mol. The number of aromatic nitrogens is 2. The molecule has 0 atom stereocenters. The predicted octanol–water partition coefficient (Wildman–Crippen LogP) is 4.63. The molecule has 1 saturated heterocycles. The molecule has 4 rings (SSSR count). The van der Waals surface area contributed by atoms with E-state index in [1.165, 1.54) is 10.5 Å². The molecule has 3 heterocycles. The highest BCUT2D eigenvalue weighted by Gasteiger charge is 2.24. The van der Waals surface area contributed by atoms with Gasteiger partial charge in [-0.05, 0) is 57.0 Å². The van der Waals surface area contributed by atoms with Gasteiger partial charge in [-0.25, -0.2) is 14.8 Å². The van der Waals surface area contributed by atoms with Crippen LogP contribution in [0.5, 0.6) is 0 Å². The first kappa shape index (κ1) is 23.5. The van der Waals surface area contributed by atoms with Crippen LogP contribution >= 0.6 is 11.8 Å². The first-order valence-electron chi connectivity index (χ1n) is 11.6. The topological polar surface area (TPSA) is 88.9 Å². The Morgan fingerprint density at radius 1 is 1.24 bits per heavy atom. The zero-order valence-corrected chi connectivity index (χ0v) is 20.1. The lowest BCUT2D eigenvalue weighted by molar-refractivity contribution is -0.148. The lowest BCUT2D eigenvalue weighted by Crippen LogP contribution is -2.36. The molecule has 1 fully saturated rings. The Morgan fingerprint density at radius 3 is 2.85 bits per heavy atom. The van der Waals surface area contributed by atoms with Gasteiger partial charge in [0.25, 0.3) is 0 Å². The van der Waals surface area contributed by atoms with Crippen LogP contribution in [0.25, 0.3) is 0 Å². The molecule has 9 heteroatoms. The predicted molar refractivity (Wildman–Crippen MR) is 129 cm³/mol. The average Bonchev–Trinajstić information content (AvgIpc) is 2.83. The van der Waals surface area contributed by atoms with Gasteiger partial charge in [0.15, 0.2) is 5.82 Å². The van der Waals surface area contributed by atoms with E-state index in [0.717, 1.165) is 67.6 Å². The summed E-state index contributed by atoms with van der Waals surface area (Å²) in [6.45, 7) is 7.09. The second kappa shape index (κ2) is 11.5. The molecule has 0 spiro atoms. The van der Waals surface area contributed by atoms with Gasteiger partial charge >= 0.3 is 5.97 Å². The zero-order valence-electron chi connectivity index (χ0n) is 19.2. The fourth-order valence-corrected chi connectivity index (χ4v) is 5.09. The van der Waals surface area contributed by atoms with Crippen molar-refractivity contribution in [3.05, 3.63) is 36.2 Å². The van der Waals surface area contributed by atoms with Gasteiger partial charge in [0, 0.05) is 29.8 Å². The fraction of sp³-hybridized carbons (Fsp3) is 0.500. The highest BCUT2D eigenvalue weighted by atomic mass is 32.2. The molecule has 2 aliphatic rings. The van der Waals surface area contributed by atoms with Crippen LogP contribution in [-0.2, 0) is 20.9 Å². The second-order valence-corrected chi connectivity index (χ2v) is 9.26. The maximum absolute atomic E-state index is 11.5. The minimum Gasteiger partial charge on any atom is -0.463 e. The van der Waals surface area contributed by atoms with Crippen LogP contribution in [0.1, 0.15) is 45.1 Å². The van der Waals surface area contributed by atoms with Gasteiger partial charge in [0.1, 0.15) is 5.03 Å². The Hall–Kier alpha value is -2.65. The van der Waals surface area contributed by atoms with Crippen LogP contribution in [0, 0.1) is 5.92 Å². The lowest BCUT2D eigenvalue weighted by Gasteiger charge is -2.32. The minimum atomic E-state index is -0.375. The van der Waals surface area contributed by atoms with Crippen molar-refractivity contribution in [2.24, 2.45) is 11.1 Å². The summed E-state index contributed by atoms with van der Waals surface area (Å²) in [6.07, 6.45) is 7.43. The first-order valence-corrected chi connectivity index (χ1v) is 12.4. The van der Waals surface area contributed by atoms with E-state index >= 15 is 0 Å². The number of nitrogens with zero attached hydrogens (tertiary/aromatic N) is 4. The van der Waals surface area contributed by atoms with Crippen molar-refractivity contribution < 1.29 is 14.4 Å². The van der Waals surface area contributed by atoms with E-state index in [1.54, 1.807) is 31.1 Å². The first-order chi connectivity index (χ1) is 16.2. The number of oxime groups is 1. The molecule has 0 radical (unpaired) electrons. The Morgan fingerprint density at radius 2 is 2.06 bits per heavy atom. The van der Waals surface area contributed by atoms with Crippen molar-refractivity contribution in [2.45, 2.75) is 56.0 Å². The molecule has 33 heavy (non-hydrogen) atoms. The van der Waals surface area contributed by atoms with Gasteiger partial charge < -0.3 is 14.9 Å². The van der Waals surface area contributed by atoms with Crippen molar-refractivity contribution in [2.75, 3.05) is 31.6 Å². The quantitative estimate of drug-likeness (QED) is 0.276. The van der Waals surface area contributed by atoms with Crippen LogP contribution in [0.15, 0.2) is 45.7 Å². The number of anilines is 2. The SMILES string of the molecule is CCCC(=NOCC(=O)OCC)C1CCN(Cc2ccc3c(c2)Nc2nccnc2S3)CC1. The molecule has 8 nitrogen and oxygen atoms in total. The number of hydrogen-bond acceptors (Lipinski definition) is 9. The summed E-state index contributed by atoms with van der Waals surface area (Å²) in [7, 11) is 0. The average molecular weight is 470 g/mol. The van der Waals surface area contributed by atoms with Crippen molar-refractivity contribution in [1.29, 1.82) is 0 Å². The van der Waals surface area contributed by atoms with Gasteiger partial charge in [-0.2, -0.15) is 0 Å². The Kier molecular flexibility index (Phi) is 8.17. The number of nitrogens with one attached hydrogen (secondary N) is 1. The summed E-state index contributed by atoms with van der Waals surface area (Å²) < 4.78 is 4.90. The van der Waals surface area contributed by atoms with Crippen LogP contribution in [0.4, 0.5) is 11.5 Å². The number of rotatable bonds is 9. The molecule has 2 aliphatic heterocycles. The summed E-state index contributed by atoms with van der Waals surface area (Å²) >= 11 is 1.65. The second-order valence-electron chi connectivity index (χ2n) is 8.23. The van der Waals surface area contributed by atoms with E-state index < -0.39 is 0 Å². The summed E-state index contributed by atoms with van der Waals surface area (Å²) in [5.41, 5.74) is 3.44. The molecular formula is C24H31N5O3S. The van der Waals surface area contributed by atoms with Gasteiger partial charge in [-0.3, -0.25) is 4.90 Å². The summed E-state index contributed by atoms with van der Waals surface area (Å²) in [5, 5.41) is 8.64. The molecule has 0 bridgehead atoms. The Balaban J connectivity index is 1.30. The number of likely N-dealkylation sites (tertiary alicyclic amines) is 1. The molecule has 0 aliphatic carbocycles. The molecule has 2 aromatic rings. The third kappa shape index (κ3) is 6.23. The molecule has 176 valence electrons.